The molecule has 1 fully saturated rings. The number of esters is 1. The molecule has 0 bridgehead atoms. The number of likely N-dealkylation sites (N-methyl/N-ethyl adjacent to an activating group) is 1. The first-order chi connectivity index (χ1) is 5.79. The van der Waals surface area contributed by atoms with Crippen LogP contribution in [0.1, 0.15) is 25.7 Å². The minimum atomic E-state index is -0.121. The third kappa shape index (κ3) is 1.97. The first-order valence-electron chi connectivity index (χ1n) is 4.54. The molecule has 0 aromatic carbocycles. The minimum Gasteiger partial charge on any atom is -0.468 e. The van der Waals surface area contributed by atoms with Gasteiger partial charge in [-0.3, -0.25) is 4.79 Å². The predicted octanol–water partition coefficient (Wildman–Crippen LogP) is 0.938. The van der Waals surface area contributed by atoms with E-state index in [0.717, 1.165) is 12.8 Å². The topological polar surface area (TPSA) is 38.3 Å². The van der Waals surface area contributed by atoms with Crippen molar-refractivity contribution in [1.29, 1.82) is 0 Å². The summed E-state index contributed by atoms with van der Waals surface area (Å²) in [6, 6.07) is -0.0856. The molecule has 0 unspecified atom stereocenters. The summed E-state index contributed by atoms with van der Waals surface area (Å²) >= 11 is 0. The normalized spacial score (nSPS) is 20.8. The largest absolute Gasteiger partial charge is 0.468 e. The molecule has 0 aromatic heterocycles. The van der Waals surface area contributed by atoms with E-state index in [-0.39, 0.29) is 12.0 Å². The van der Waals surface area contributed by atoms with Crippen LogP contribution in [0.3, 0.4) is 0 Å². The highest BCUT2D eigenvalue weighted by Crippen LogP contribution is 2.27. The van der Waals surface area contributed by atoms with Crippen molar-refractivity contribution in [2.45, 2.75) is 31.7 Å². The molecule has 0 heterocycles. The highest BCUT2D eigenvalue weighted by molar-refractivity contribution is 5.76. The van der Waals surface area contributed by atoms with Crippen molar-refractivity contribution in [3.8, 4) is 0 Å². The molecule has 0 aliphatic heterocycles. The highest BCUT2D eigenvalue weighted by Gasteiger charge is 2.29. The van der Waals surface area contributed by atoms with Gasteiger partial charge in [-0.15, -0.1) is 0 Å². The van der Waals surface area contributed by atoms with Crippen molar-refractivity contribution in [2.24, 2.45) is 5.92 Å². The van der Waals surface area contributed by atoms with Crippen molar-refractivity contribution in [3.63, 3.8) is 0 Å². The van der Waals surface area contributed by atoms with Crippen LogP contribution in [-0.4, -0.2) is 26.2 Å². The van der Waals surface area contributed by atoms with E-state index in [4.69, 9.17) is 4.74 Å². The lowest BCUT2D eigenvalue weighted by Gasteiger charge is -2.19. The molecule has 1 saturated carbocycles. The second-order valence-electron chi connectivity index (χ2n) is 3.33. The third-order valence-corrected chi connectivity index (χ3v) is 2.64. The van der Waals surface area contributed by atoms with Crippen molar-refractivity contribution >= 4 is 5.97 Å². The van der Waals surface area contributed by atoms with Gasteiger partial charge in [-0.2, -0.15) is 0 Å². The Bertz CT molecular complexity index is 153. The van der Waals surface area contributed by atoms with E-state index in [1.54, 1.807) is 0 Å². The van der Waals surface area contributed by atoms with Crippen LogP contribution >= 0.6 is 0 Å². The molecule has 0 aromatic rings. The van der Waals surface area contributed by atoms with Gasteiger partial charge in [0.1, 0.15) is 6.04 Å². The summed E-state index contributed by atoms with van der Waals surface area (Å²) in [4.78, 5) is 11.2. The fourth-order valence-electron chi connectivity index (χ4n) is 1.96. The van der Waals surface area contributed by atoms with E-state index in [0.29, 0.717) is 5.92 Å². The Kier molecular flexibility index (Phi) is 3.53. The summed E-state index contributed by atoms with van der Waals surface area (Å²) in [5.74, 6) is 0.367. The molecule has 0 saturated heterocycles. The summed E-state index contributed by atoms with van der Waals surface area (Å²) in [6.07, 6.45) is 4.81. The standard InChI is InChI=1S/C9H17NO2/c1-10-8(9(11)12-2)7-5-3-4-6-7/h7-8,10H,3-6H2,1-2H3/t8-/m0/s1. The Morgan fingerprint density at radius 3 is 2.50 bits per heavy atom. The molecule has 1 N–H and O–H groups in total. The zero-order valence-corrected chi connectivity index (χ0v) is 7.80. The van der Waals surface area contributed by atoms with Gasteiger partial charge in [0.15, 0.2) is 0 Å². The molecule has 1 aliphatic rings. The van der Waals surface area contributed by atoms with Crippen LogP contribution in [0.4, 0.5) is 0 Å². The molecule has 1 rings (SSSR count). The molecule has 70 valence electrons. The lowest BCUT2D eigenvalue weighted by molar-refractivity contribution is -0.144. The van der Waals surface area contributed by atoms with E-state index >= 15 is 0 Å². The van der Waals surface area contributed by atoms with Gasteiger partial charge in [0.25, 0.3) is 0 Å². The minimum absolute atomic E-state index is 0.0856. The van der Waals surface area contributed by atoms with E-state index in [2.05, 4.69) is 5.32 Å². The molecule has 3 heteroatoms. The molecule has 1 atom stereocenters. The quantitative estimate of drug-likeness (QED) is 0.642. The van der Waals surface area contributed by atoms with Crippen LogP contribution in [0.5, 0.6) is 0 Å². The van der Waals surface area contributed by atoms with E-state index in [1.165, 1.54) is 20.0 Å². The SMILES string of the molecule is CN[C@H](C(=O)OC)C1CCCC1. The zero-order chi connectivity index (χ0) is 8.97. The van der Waals surface area contributed by atoms with Crippen molar-refractivity contribution in [2.75, 3.05) is 14.2 Å². The van der Waals surface area contributed by atoms with Crippen LogP contribution in [0.2, 0.25) is 0 Å². The van der Waals surface area contributed by atoms with Crippen molar-refractivity contribution < 1.29 is 9.53 Å². The number of carbonyl (C=O) groups is 1. The monoisotopic (exact) mass is 171 g/mol. The third-order valence-electron chi connectivity index (χ3n) is 2.64. The number of rotatable bonds is 3. The van der Waals surface area contributed by atoms with Gasteiger partial charge in [0.05, 0.1) is 7.11 Å². The molecule has 0 radical (unpaired) electrons. The molecular weight excluding hydrogens is 154 g/mol. The van der Waals surface area contributed by atoms with Gasteiger partial charge in [-0.1, -0.05) is 12.8 Å². The van der Waals surface area contributed by atoms with E-state index < -0.39 is 0 Å². The molecule has 0 spiro atoms. The Morgan fingerprint density at radius 1 is 1.50 bits per heavy atom. The van der Waals surface area contributed by atoms with Crippen LogP contribution < -0.4 is 5.32 Å². The fraction of sp³-hybridized carbons (Fsp3) is 0.889. The first kappa shape index (κ1) is 9.52. The molecular formula is C9H17NO2. The van der Waals surface area contributed by atoms with Gasteiger partial charge < -0.3 is 10.1 Å². The average molecular weight is 171 g/mol. The molecule has 3 nitrogen and oxygen atoms in total. The van der Waals surface area contributed by atoms with Gasteiger partial charge in [0.2, 0.25) is 0 Å². The van der Waals surface area contributed by atoms with Crippen molar-refractivity contribution in [1.82, 2.24) is 5.32 Å². The Morgan fingerprint density at radius 2 is 2.08 bits per heavy atom. The lowest BCUT2D eigenvalue weighted by atomic mass is 9.98. The molecule has 12 heavy (non-hydrogen) atoms. The molecule has 0 amide bonds. The second kappa shape index (κ2) is 4.45. The van der Waals surface area contributed by atoms with Gasteiger partial charge in [0, 0.05) is 0 Å². The smallest absolute Gasteiger partial charge is 0.323 e. The lowest BCUT2D eigenvalue weighted by Crippen LogP contribution is -2.40. The van der Waals surface area contributed by atoms with E-state index in [9.17, 15) is 4.79 Å². The first-order valence-corrected chi connectivity index (χ1v) is 4.54. The summed E-state index contributed by atoms with van der Waals surface area (Å²) in [5, 5.41) is 3.02. The second-order valence-corrected chi connectivity index (χ2v) is 3.33. The highest BCUT2D eigenvalue weighted by atomic mass is 16.5. The van der Waals surface area contributed by atoms with Gasteiger partial charge in [-0.05, 0) is 25.8 Å². The van der Waals surface area contributed by atoms with Gasteiger partial charge >= 0.3 is 5.97 Å². The maximum absolute atomic E-state index is 11.2. The summed E-state index contributed by atoms with van der Waals surface area (Å²) in [5.41, 5.74) is 0. The number of methoxy groups -OCH3 is 1. The predicted molar refractivity (Wildman–Crippen MR) is 46.8 cm³/mol. The number of carbonyl (C=O) groups excluding carboxylic acids is 1. The van der Waals surface area contributed by atoms with Gasteiger partial charge in [-0.25, -0.2) is 0 Å². The van der Waals surface area contributed by atoms with Crippen LogP contribution in [0.25, 0.3) is 0 Å². The van der Waals surface area contributed by atoms with Crippen molar-refractivity contribution in [3.05, 3.63) is 0 Å². The maximum Gasteiger partial charge on any atom is 0.323 e. The Hall–Kier alpha value is -0.570. The number of nitrogens with one attached hydrogen (secondary N) is 1. The van der Waals surface area contributed by atoms with E-state index in [1.807, 2.05) is 7.05 Å². The van der Waals surface area contributed by atoms with Crippen LogP contribution in [0.15, 0.2) is 0 Å². The summed E-state index contributed by atoms with van der Waals surface area (Å²) in [7, 11) is 3.27. The van der Waals surface area contributed by atoms with Crippen LogP contribution in [0, 0.1) is 5.92 Å². The van der Waals surface area contributed by atoms with Crippen LogP contribution in [-0.2, 0) is 9.53 Å². The number of hydrogen-bond donors (Lipinski definition) is 1. The Labute approximate surface area is 73.5 Å². The summed E-state index contributed by atoms with van der Waals surface area (Å²) < 4.78 is 4.71. The summed E-state index contributed by atoms with van der Waals surface area (Å²) in [6.45, 7) is 0. The number of hydrogen-bond acceptors (Lipinski definition) is 3. The fourth-order valence-corrected chi connectivity index (χ4v) is 1.96. The maximum atomic E-state index is 11.2. The Balaban J connectivity index is 2.48. The average Bonchev–Trinajstić information content (AvgIpc) is 2.58. The molecule has 1 aliphatic carbocycles. The number of ether oxygens (including phenoxy) is 1. The zero-order valence-electron chi connectivity index (χ0n) is 7.80.